The summed E-state index contributed by atoms with van der Waals surface area (Å²) >= 11 is 1.41. The molecule has 1 aromatic heterocycles. The summed E-state index contributed by atoms with van der Waals surface area (Å²) in [5.74, 6) is 1.18. The monoisotopic (exact) mass is 361 g/mol. The van der Waals surface area contributed by atoms with Crippen molar-refractivity contribution in [3.05, 3.63) is 52.2 Å². The van der Waals surface area contributed by atoms with Crippen molar-refractivity contribution in [2.75, 3.05) is 18.2 Å². The normalized spacial score (nSPS) is 10.6. The van der Waals surface area contributed by atoms with Gasteiger partial charge in [-0.15, -0.1) is 11.8 Å². The summed E-state index contributed by atoms with van der Waals surface area (Å²) in [6.45, 7) is 4.09. The summed E-state index contributed by atoms with van der Waals surface area (Å²) in [7, 11) is 1.50. The van der Waals surface area contributed by atoms with Crippen LogP contribution in [0.4, 0.5) is 11.4 Å². The first-order valence-corrected chi connectivity index (χ1v) is 8.62. The average molecular weight is 361 g/mol. The first kappa shape index (κ1) is 18.7. The Morgan fingerprint density at radius 2 is 2.12 bits per heavy atom. The second-order valence-electron chi connectivity index (χ2n) is 5.69. The standard InChI is InChI=1S/C17H19N3O4S/c1-11(2)10-25-15-6-4-12(8-14(15)20(22)23)17(21)19-13-5-7-16(24-3)18-9-13/h4-9,11H,10H2,1-3H3,(H,19,21). The summed E-state index contributed by atoms with van der Waals surface area (Å²) < 4.78 is 4.95. The Morgan fingerprint density at radius 3 is 2.68 bits per heavy atom. The predicted molar refractivity (Wildman–Crippen MR) is 97.4 cm³/mol. The largest absolute Gasteiger partial charge is 0.481 e. The molecule has 2 aromatic rings. The molecular formula is C17H19N3O4S. The fourth-order valence-electron chi connectivity index (χ4n) is 1.96. The molecule has 0 spiro atoms. The van der Waals surface area contributed by atoms with Crippen molar-refractivity contribution in [3.8, 4) is 5.88 Å². The second kappa shape index (κ2) is 8.48. The minimum atomic E-state index is -0.464. The maximum atomic E-state index is 12.3. The number of carbonyl (C=O) groups is 1. The first-order valence-electron chi connectivity index (χ1n) is 7.63. The van der Waals surface area contributed by atoms with Crippen molar-refractivity contribution < 1.29 is 14.5 Å². The number of aromatic nitrogens is 1. The van der Waals surface area contributed by atoms with E-state index in [4.69, 9.17) is 4.74 Å². The summed E-state index contributed by atoms with van der Waals surface area (Å²) in [6.07, 6.45) is 1.46. The molecule has 1 amide bonds. The smallest absolute Gasteiger partial charge is 0.283 e. The van der Waals surface area contributed by atoms with Crippen molar-refractivity contribution in [2.45, 2.75) is 18.7 Å². The third kappa shape index (κ3) is 5.18. The molecule has 0 atom stereocenters. The number of amides is 1. The number of hydrogen-bond acceptors (Lipinski definition) is 6. The number of nitrogens with one attached hydrogen (secondary N) is 1. The molecule has 0 saturated heterocycles. The van der Waals surface area contributed by atoms with Crippen molar-refractivity contribution >= 4 is 29.0 Å². The maximum Gasteiger partial charge on any atom is 0.283 e. The Morgan fingerprint density at radius 1 is 1.36 bits per heavy atom. The van der Waals surface area contributed by atoms with Crippen LogP contribution in [0.1, 0.15) is 24.2 Å². The highest BCUT2D eigenvalue weighted by molar-refractivity contribution is 7.99. The van der Waals surface area contributed by atoms with E-state index in [1.807, 2.05) is 13.8 Å². The van der Waals surface area contributed by atoms with Crippen molar-refractivity contribution in [3.63, 3.8) is 0 Å². The van der Waals surface area contributed by atoms with Crippen LogP contribution in [0.3, 0.4) is 0 Å². The lowest BCUT2D eigenvalue weighted by Gasteiger charge is -2.08. The van der Waals surface area contributed by atoms with Gasteiger partial charge < -0.3 is 10.1 Å². The zero-order valence-electron chi connectivity index (χ0n) is 14.2. The molecule has 8 heteroatoms. The van der Waals surface area contributed by atoms with Gasteiger partial charge in [0.2, 0.25) is 5.88 Å². The van der Waals surface area contributed by atoms with Crippen molar-refractivity contribution in [2.24, 2.45) is 5.92 Å². The Bertz CT molecular complexity index is 763. The van der Waals surface area contributed by atoms with E-state index in [2.05, 4.69) is 10.3 Å². The maximum absolute atomic E-state index is 12.3. The Balaban J connectivity index is 2.18. The van der Waals surface area contributed by atoms with Gasteiger partial charge in [0.25, 0.3) is 11.6 Å². The molecule has 0 aliphatic carbocycles. The Kier molecular flexibility index (Phi) is 6.35. The van der Waals surface area contributed by atoms with E-state index in [9.17, 15) is 14.9 Å². The van der Waals surface area contributed by atoms with Crippen LogP contribution in [-0.4, -0.2) is 28.7 Å². The van der Waals surface area contributed by atoms with Crippen molar-refractivity contribution in [1.29, 1.82) is 0 Å². The van der Waals surface area contributed by atoms with E-state index < -0.39 is 10.8 Å². The topological polar surface area (TPSA) is 94.4 Å². The van der Waals surface area contributed by atoms with Gasteiger partial charge in [-0.25, -0.2) is 4.98 Å². The molecule has 2 rings (SSSR count). The third-order valence-electron chi connectivity index (χ3n) is 3.19. The van der Waals surface area contributed by atoms with Gasteiger partial charge in [0.1, 0.15) is 0 Å². The number of nitro groups is 1. The van der Waals surface area contributed by atoms with Gasteiger partial charge in [-0.1, -0.05) is 13.8 Å². The van der Waals surface area contributed by atoms with Crippen LogP contribution in [0, 0.1) is 16.0 Å². The highest BCUT2D eigenvalue weighted by atomic mass is 32.2. The average Bonchev–Trinajstić information content (AvgIpc) is 2.60. The second-order valence-corrected chi connectivity index (χ2v) is 6.75. The number of nitro benzene ring substituents is 1. The lowest BCUT2D eigenvalue weighted by molar-refractivity contribution is -0.387. The summed E-state index contributed by atoms with van der Waals surface area (Å²) in [4.78, 5) is 27.7. The van der Waals surface area contributed by atoms with Gasteiger partial charge in [0, 0.05) is 23.4 Å². The number of hydrogen-bond donors (Lipinski definition) is 1. The lowest BCUT2D eigenvalue weighted by atomic mass is 10.2. The van der Waals surface area contributed by atoms with Crippen LogP contribution in [0.2, 0.25) is 0 Å². The summed E-state index contributed by atoms with van der Waals surface area (Å²) in [6, 6.07) is 7.76. The molecule has 25 heavy (non-hydrogen) atoms. The van der Waals surface area contributed by atoms with E-state index in [0.29, 0.717) is 22.4 Å². The van der Waals surface area contributed by atoms with Crippen LogP contribution in [0.25, 0.3) is 0 Å². The van der Waals surface area contributed by atoms with Crippen LogP contribution < -0.4 is 10.1 Å². The molecule has 0 bridgehead atoms. The molecule has 1 N–H and O–H groups in total. The summed E-state index contributed by atoms with van der Waals surface area (Å²) in [5, 5.41) is 14.0. The molecule has 0 saturated carbocycles. The Labute approximate surface area is 149 Å². The highest BCUT2D eigenvalue weighted by Crippen LogP contribution is 2.31. The third-order valence-corrected chi connectivity index (χ3v) is 4.68. The molecule has 0 aliphatic rings. The van der Waals surface area contributed by atoms with Crippen LogP contribution in [0.5, 0.6) is 5.88 Å². The Hall–Kier alpha value is -2.61. The summed E-state index contributed by atoms with van der Waals surface area (Å²) in [5.41, 5.74) is 0.634. The van der Waals surface area contributed by atoms with Gasteiger partial charge in [0.05, 0.1) is 28.8 Å². The highest BCUT2D eigenvalue weighted by Gasteiger charge is 2.18. The fraction of sp³-hybridized carbons (Fsp3) is 0.294. The number of anilines is 1. The van der Waals surface area contributed by atoms with E-state index in [-0.39, 0.29) is 11.3 Å². The minimum Gasteiger partial charge on any atom is -0.481 e. The molecule has 1 aromatic carbocycles. The number of nitrogens with zero attached hydrogens (tertiary/aromatic N) is 2. The molecule has 132 valence electrons. The van der Waals surface area contributed by atoms with Gasteiger partial charge in [0.15, 0.2) is 0 Å². The fourth-order valence-corrected chi connectivity index (χ4v) is 2.92. The van der Waals surface area contributed by atoms with Gasteiger partial charge in [-0.05, 0) is 24.1 Å². The number of ether oxygens (including phenoxy) is 1. The predicted octanol–water partition coefficient (Wildman–Crippen LogP) is 4.00. The first-order chi connectivity index (χ1) is 11.9. The van der Waals surface area contributed by atoms with E-state index >= 15 is 0 Å². The van der Waals surface area contributed by atoms with E-state index in [1.165, 1.54) is 31.1 Å². The molecule has 1 heterocycles. The molecule has 0 aliphatic heterocycles. The number of carbonyl (C=O) groups excluding carboxylic acids is 1. The van der Waals surface area contributed by atoms with Crippen LogP contribution in [0.15, 0.2) is 41.4 Å². The quantitative estimate of drug-likeness (QED) is 0.455. The van der Waals surface area contributed by atoms with Gasteiger partial charge >= 0.3 is 0 Å². The zero-order chi connectivity index (χ0) is 18.4. The van der Waals surface area contributed by atoms with Gasteiger partial charge in [-0.2, -0.15) is 0 Å². The molecule has 0 fully saturated rings. The number of methoxy groups -OCH3 is 1. The molecule has 0 unspecified atom stereocenters. The van der Waals surface area contributed by atoms with E-state index in [0.717, 1.165) is 5.75 Å². The number of thioether (sulfide) groups is 1. The molecule has 7 nitrogen and oxygen atoms in total. The van der Waals surface area contributed by atoms with Gasteiger partial charge in [-0.3, -0.25) is 14.9 Å². The lowest BCUT2D eigenvalue weighted by Crippen LogP contribution is -2.12. The molecule has 0 radical (unpaired) electrons. The number of rotatable bonds is 7. The van der Waals surface area contributed by atoms with Crippen molar-refractivity contribution in [1.82, 2.24) is 4.98 Å². The SMILES string of the molecule is COc1ccc(NC(=O)c2ccc(SCC(C)C)c([N+](=O)[O-])c2)cn1. The zero-order valence-corrected chi connectivity index (χ0v) is 15.0. The van der Waals surface area contributed by atoms with Crippen LogP contribution >= 0.6 is 11.8 Å². The number of benzene rings is 1. The van der Waals surface area contributed by atoms with Crippen LogP contribution in [-0.2, 0) is 0 Å². The van der Waals surface area contributed by atoms with E-state index in [1.54, 1.807) is 24.3 Å². The molecular weight excluding hydrogens is 342 g/mol. The minimum absolute atomic E-state index is 0.0637. The number of pyridine rings is 1.